The van der Waals surface area contributed by atoms with Gasteiger partial charge in [0.1, 0.15) is 12.3 Å². The smallest absolute Gasteiger partial charge is 0.293 e. The van der Waals surface area contributed by atoms with E-state index in [1.165, 1.54) is 10.7 Å². The third-order valence-corrected chi connectivity index (χ3v) is 4.83. The van der Waals surface area contributed by atoms with Gasteiger partial charge in [-0.05, 0) is 35.9 Å². The van der Waals surface area contributed by atoms with Crippen LogP contribution in [0.2, 0.25) is 5.02 Å². The summed E-state index contributed by atoms with van der Waals surface area (Å²) in [6.07, 6.45) is 0. The minimum atomic E-state index is -0.767. The molecule has 4 aromatic rings. The van der Waals surface area contributed by atoms with Crippen molar-refractivity contribution in [1.29, 1.82) is 0 Å². The number of nitrogens with zero attached hydrogens (tertiary/aromatic N) is 3. The average molecular weight is 424 g/mol. The fourth-order valence-corrected chi connectivity index (χ4v) is 3.28. The van der Waals surface area contributed by atoms with Crippen molar-refractivity contribution in [2.24, 2.45) is 0 Å². The Morgan fingerprint density at radius 2 is 1.77 bits per heavy atom. The summed E-state index contributed by atoms with van der Waals surface area (Å²) in [7, 11) is 0. The lowest BCUT2D eigenvalue weighted by atomic mass is 10.1. The molecule has 30 heavy (non-hydrogen) atoms. The van der Waals surface area contributed by atoms with E-state index in [1.807, 2.05) is 0 Å². The van der Waals surface area contributed by atoms with E-state index in [0.717, 1.165) is 5.56 Å². The van der Waals surface area contributed by atoms with Crippen LogP contribution in [0.1, 0.15) is 11.3 Å². The van der Waals surface area contributed by atoms with Crippen LogP contribution in [0.25, 0.3) is 22.0 Å². The number of benzene rings is 2. The van der Waals surface area contributed by atoms with E-state index in [9.17, 15) is 14.0 Å². The van der Waals surface area contributed by atoms with Crippen molar-refractivity contribution in [3.8, 4) is 11.3 Å². The SMILES string of the molecule is O=COCc1ccc(-c2nn(Cc3ccc(Cl)cc3)c(=O)c3ccccc23)c(F)n1. The zero-order valence-corrected chi connectivity index (χ0v) is 16.3. The van der Waals surface area contributed by atoms with Gasteiger partial charge in [-0.3, -0.25) is 9.59 Å². The number of carbonyl (C=O) groups excluding carboxylic acids is 1. The standard InChI is InChI=1S/C22H15ClFN3O3/c23-15-7-5-14(6-8-15)11-27-22(29)18-4-2-1-3-17(18)20(26-27)19-10-9-16(12-30-13-28)25-21(19)24/h1-10,13H,11-12H2. The van der Waals surface area contributed by atoms with Gasteiger partial charge in [0.25, 0.3) is 12.0 Å². The number of hydrogen-bond donors (Lipinski definition) is 0. The molecule has 0 saturated carbocycles. The van der Waals surface area contributed by atoms with Gasteiger partial charge < -0.3 is 4.74 Å². The topological polar surface area (TPSA) is 74.1 Å². The Morgan fingerprint density at radius 1 is 1.03 bits per heavy atom. The first-order valence-corrected chi connectivity index (χ1v) is 9.40. The summed E-state index contributed by atoms with van der Waals surface area (Å²) in [5, 5.41) is 5.97. The molecule has 0 unspecified atom stereocenters. The van der Waals surface area contributed by atoms with Crippen molar-refractivity contribution in [3.05, 3.63) is 93.2 Å². The highest BCUT2D eigenvalue weighted by Crippen LogP contribution is 2.26. The second-order valence-corrected chi connectivity index (χ2v) is 6.97. The van der Waals surface area contributed by atoms with Gasteiger partial charge in [0.15, 0.2) is 0 Å². The summed E-state index contributed by atoms with van der Waals surface area (Å²) in [5.74, 6) is -0.767. The van der Waals surface area contributed by atoms with Crippen molar-refractivity contribution in [1.82, 2.24) is 14.8 Å². The van der Waals surface area contributed by atoms with Crippen LogP contribution in [0, 0.1) is 5.95 Å². The highest BCUT2D eigenvalue weighted by Gasteiger charge is 2.17. The molecule has 0 aliphatic carbocycles. The summed E-state index contributed by atoms with van der Waals surface area (Å²) in [6, 6.07) is 17.0. The molecule has 0 radical (unpaired) electrons. The van der Waals surface area contributed by atoms with E-state index in [1.54, 1.807) is 54.6 Å². The molecule has 0 spiro atoms. The second-order valence-electron chi connectivity index (χ2n) is 6.53. The normalized spacial score (nSPS) is 10.9. The number of hydrogen-bond acceptors (Lipinski definition) is 5. The van der Waals surface area contributed by atoms with Gasteiger partial charge >= 0.3 is 0 Å². The van der Waals surface area contributed by atoms with Crippen LogP contribution in [0.4, 0.5) is 4.39 Å². The molecule has 0 N–H and O–H groups in total. The molecule has 2 heterocycles. The first-order chi connectivity index (χ1) is 14.6. The monoisotopic (exact) mass is 423 g/mol. The Balaban J connectivity index is 1.85. The van der Waals surface area contributed by atoms with Gasteiger partial charge in [0.05, 0.1) is 23.2 Å². The highest BCUT2D eigenvalue weighted by molar-refractivity contribution is 6.30. The van der Waals surface area contributed by atoms with Gasteiger partial charge in [-0.25, -0.2) is 9.67 Å². The Bertz CT molecular complexity index is 1290. The average Bonchev–Trinajstić information content (AvgIpc) is 2.76. The van der Waals surface area contributed by atoms with E-state index < -0.39 is 5.95 Å². The Labute approximate surface area is 175 Å². The number of ether oxygens (including phenoxy) is 1. The van der Waals surface area contributed by atoms with E-state index in [2.05, 4.69) is 14.8 Å². The zero-order valence-electron chi connectivity index (χ0n) is 15.6. The van der Waals surface area contributed by atoms with Crippen molar-refractivity contribution in [2.75, 3.05) is 0 Å². The fraction of sp³-hybridized carbons (Fsp3) is 0.0909. The fourth-order valence-electron chi connectivity index (χ4n) is 3.15. The minimum Gasteiger partial charge on any atom is -0.461 e. The first kappa shape index (κ1) is 19.7. The van der Waals surface area contributed by atoms with Crippen molar-refractivity contribution < 1.29 is 13.9 Å². The number of aromatic nitrogens is 3. The summed E-state index contributed by atoms with van der Waals surface area (Å²) in [4.78, 5) is 27.1. The first-order valence-electron chi connectivity index (χ1n) is 9.02. The van der Waals surface area contributed by atoms with Crippen molar-refractivity contribution >= 4 is 28.8 Å². The van der Waals surface area contributed by atoms with Crippen LogP contribution >= 0.6 is 11.6 Å². The largest absolute Gasteiger partial charge is 0.461 e. The molecule has 0 saturated heterocycles. The maximum Gasteiger partial charge on any atom is 0.293 e. The van der Waals surface area contributed by atoms with Crippen LogP contribution in [-0.4, -0.2) is 21.2 Å². The molecule has 0 aliphatic rings. The predicted molar refractivity (Wildman–Crippen MR) is 111 cm³/mol. The van der Waals surface area contributed by atoms with Gasteiger partial charge in [-0.2, -0.15) is 9.49 Å². The van der Waals surface area contributed by atoms with Crippen LogP contribution < -0.4 is 5.56 Å². The van der Waals surface area contributed by atoms with Gasteiger partial charge in [-0.1, -0.05) is 41.9 Å². The van der Waals surface area contributed by atoms with Crippen LogP contribution in [0.15, 0.2) is 65.5 Å². The number of pyridine rings is 1. The van der Waals surface area contributed by atoms with E-state index in [4.69, 9.17) is 11.6 Å². The Hall–Kier alpha value is -3.58. The lowest BCUT2D eigenvalue weighted by Crippen LogP contribution is -2.24. The van der Waals surface area contributed by atoms with Crippen LogP contribution in [-0.2, 0) is 22.7 Å². The minimum absolute atomic E-state index is 0.134. The Morgan fingerprint density at radius 3 is 2.47 bits per heavy atom. The number of fused-ring (bicyclic) bond motifs is 1. The summed E-state index contributed by atoms with van der Waals surface area (Å²) in [5.41, 5.74) is 1.25. The quantitative estimate of drug-likeness (QED) is 0.346. The van der Waals surface area contributed by atoms with Crippen LogP contribution in [0.3, 0.4) is 0 Å². The molecule has 0 amide bonds. The van der Waals surface area contributed by atoms with Crippen molar-refractivity contribution in [2.45, 2.75) is 13.2 Å². The number of halogens is 2. The van der Waals surface area contributed by atoms with Gasteiger partial charge in [0.2, 0.25) is 5.95 Å². The molecule has 4 rings (SSSR count). The summed E-state index contributed by atoms with van der Waals surface area (Å²) >= 11 is 5.93. The van der Waals surface area contributed by atoms with Crippen LogP contribution in [0.5, 0.6) is 0 Å². The number of carbonyl (C=O) groups is 1. The predicted octanol–water partition coefficient (Wildman–Crippen LogP) is 3.97. The molecule has 0 atom stereocenters. The van der Waals surface area contributed by atoms with Gasteiger partial charge in [-0.15, -0.1) is 0 Å². The highest BCUT2D eigenvalue weighted by atomic mass is 35.5. The van der Waals surface area contributed by atoms with E-state index in [-0.39, 0.29) is 36.4 Å². The molecule has 0 bridgehead atoms. The maximum atomic E-state index is 14.8. The zero-order chi connectivity index (χ0) is 21.1. The lowest BCUT2D eigenvalue weighted by Gasteiger charge is -2.12. The molecule has 150 valence electrons. The molecular formula is C22H15ClFN3O3. The van der Waals surface area contributed by atoms with E-state index >= 15 is 0 Å². The van der Waals surface area contributed by atoms with E-state index in [0.29, 0.717) is 21.5 Å². The lowest BCUT2D eigenvalue weighted by molar-refractivity contribution is -0.129. The molecule has 0 aliphatic heterocycles. The Kier molecular flexibility index (Phi) is 5.54. The second kappa shape index (κ2) is 8.42. The summed E-state index contributed by atoms with van der Waals surface area (Å²) < 4.78 is 20.7. The molecular weight excluding hydrogens is 409 g/mol. The maximum absolute atomic E-state index is 14.8. The molecule has 2 aromatic heterocycles. The van der Waals surface area contributed by atoms with Gasteiger partial charge in [0, 0.05) is 10.4 Å². The number of rotatable bonds is 6. The molecule has 8 heteroatoms. The third-order valence-electron chi connectivity index (χ3n) is 4.57. The molecule has 2 aromatic carbocycles. The third kappa shape index (κ3) is 3.92. The summed E-state index contributed by atoms with van der Waals surface area (Å²) in [6.45, 7) is 0.342. The molecule has 6 nitrogen and oxygen atoms in total. The van der Waals surface area contributed by atoms with Crippen molar-refractivity contribution in [3.63, 3.8) is 0 Å². The molecule has 0 fully saturated rings.